The van der Waals surface area contributed by atoms with Crippen LogP contribution < -0.4 is 26.8 Å². The smallest absolute Gasteiger partial charge is 0.0742 e. The second-order valence-electron chi connectivity index (χ2n) is 8.12. The second-order valence-corrected chi connectivity index (χ2v) is 10.3. The number of benzene rings is 5. The Kier molecular flexibility index (Phi) is 8.89. The highest BCUT2D eigenvalue weighted by atomic mass is 31.1. The molecule has 34 heavy (non-hydrogen) atoms. The SMILES string of the molecule is CCB(c1ccccc1)c1ccccc1.c1ccc(P(c2ccccc2)c2ccccc2)cc1. The molecule has 0 N–H and O–H groups in total. The van der Waals surface area contributed by atoms with E-state index in [1.807, 2.05) is 0 Å². The minimum atomic E-state index is -0.446. The molecule has 0 aromatic heterocycles. The zero-order chi connectivity index (χ0) is 23.4. The van der Waals surface area contributed by atoms with Crippen molar-refractivity contribution in [2.45, 2.75) is 13.2 Å². The topological polar surface area (TPSA) is 0 Å². The van der Waals surface area contributed by atoms with Crippen molar-refractivity contribution in [1.29, 1.82) is 0 Å². The van der Waals surface area contributed by atoms with Crippen molar-refractivity contribution in [3.05, 3.63) is 152 Å². The maximum Gasteiger partial charge on any atom is 0.209 e. The molecule has 166 valence electrons. The quantitative estimate of drug-likeness (QED) is 0.225. The fourth-order valence-corrected chi connectivity index (χ4v) is 6.52. The van der Waals surface area contributed by atoms with Crippen molar-refractivity contribution in [3.8, 4) is 0 Å². The van der Waals surface area contributed by atoms with Crippen LogP contribution in [0.1, 0.15) is 6.92 Å². The lowest BCUT2D eigenvalue weighted by Crippen LogP contribution is -2.41. The molecule has 0 aliphatic rings. The molecule has 0 saturated heterocycles. The molecule has 0 nitrogen and oxygen atoms in total. The molecule has 0 radical (unpaired) electrons. The van der Waals surface area contributed by atoms with E-state index in [9.17, 15) is 0 Å². The maximum atomic E-state index is 2.24. The van der Waals surface area contributed by atoms with Gasteiger partial charge in [-0.25, -0.2) is 0 Å². The lowest BCUT2D eigenvalue weighted by Gasteiger charge is -2.18. The Hall–Kier alpha value is -3.41. The molecule has 0 aliphatic carbocycles. The second kappa shape index (κ2) is 12.7. The van der Waals surface area contributed by atoms with Crippen LogP contribution in [-0.4, -0.2) is 6.71 Å². The van der Waals surface area contributed by atoms with Crippen LogP contribution in [0.3, 0.4) is 0 Å². The van der Waals surface area contributed by atoms with Gasteiger partial charge in [0.25, 0.3) is 0 Å². The molecule has 0 atom stereocenters. The van der Waals surface area contributed by atoms with Gasteiger partial charge in [-0.2, -0.15) is 0 Å². The molecule has 5 rings (SSSR count). The van der Waals surface area contributed by atoms with Gasteiger partial charge in [0.15, 0.2) is 0 Å². The summed E-state index contributed by atoms with van der Waals surface area (Å²) >= 11 is 0. The zero-order valence-corrected chi connectivity index (χ0v) is 20.6. The molecule has 0 unspecified atom stereocenters. The fourth-order valence-electron chi connectivity index (χ4n) is 4.21. The Morgan fingerprint density at radius 3 is 0.941 bits per heavy atom. The van der Waals surface area contributed by atoms with E-state index in [0.29, 0.717) is 6.71 Å². The van der Waals surface area contributed by atoms with Crippen molar-refractivity contribution in [2.75, 3.05) is 0 Å². The average molecular weight is 456 g/mol. The van der Waals surface area contributed by atoms with Gasteiger partial charge < -0.3 is 0 Å². The first-order valence-electron chi connectivity index (χ1n) is 11.9. The van der Waals surface area contributed by atoms with E-state index in [0.717, 1.165) is 6.32 Å². The van der Waals surface area contributed by atoms with Gasteiger partial charge in [0.1, 0.15) is 0 Å². The van der Waals surface area contributed by atoms with E-state index < -0.39 is 7.92 Å². The van der Waals surface area contributed by atoms with Crippen LogP contribution in [0.5, 0.6) is 0 Å². The molecule has 2 heteroatoms. The summed E-state index contributed by atoms with van der Waals surface area (Å²) in [4.78, 5) is 0. The van der Waals surface area contributed by atoms with E-state index >= 15 is 0 Å². The van der Waals surface area contributed by atoms with Crippen molar-refractivity contribution >= 4 is 41.5 Å². The van der Waals surface area contributed by atoms with Crippen molar-refractivity contribution in [1.82, 2.24) is 0 Å². The summed E-state index contributed by atoms with van der Waals surface area (Å²) in [7, 11) is -0.446. The maximum absolute atomic E-state index is 2.24. The normalized spacial score (nSPS) is 10.3. The van der Waals surface area contributed by atoms with Gasteiger partial charge in [0.05, 0.1) is 0 Å². The standard InChI is InChI=1S/C18H15P.C14H15B/c1-4-10-16(11-5-1)19(17-12-6-2-7-13-17)18-14-8-3-9-15-18;1-2-15(13-9-5-3-6-10-13)14-11-7-4-8-12-14/h1-15H;3-12H,2H2,1H3. The Bertz CT molecular complexity index is 1080. The lowest BCUT2D eigenvalue weighted by molar-refractivity contribution is 1.43. The molecule has 0 bridgehead atoms. The minimum absolute atomic E-state index is 0.446. The van der Waals surface area contributed by atoms with Crippen LogP contribution in [-0.2, 0) is 0 Å². The molecule has 5 aromatic rings. The van der Waals surface area contributed by atoms with Crippen LogP contribution in [0, 0.1) is 0 Å². The molecule has 0 heterocycles. The van der Waals surface area contributed by atoms with Crippen molar-refractivity contribution in [3.63, 3.8) is 0 Å². The third kappa shape index (κ3) is 6.34. The van der Waals surface area contributed by atoms with E-state index in [4.69, 9.17) is 0 Å². The van der Waals surface area contributed by atoms with Crippen molar-refractivity contribution < 1.29 is 0 Å². The largest absolute Gasteiger partial charge is 0.209 e. The van der Waals surface area contributed by atoms with Crippen LogP contribution in [0.2, 0.25) is 6.32 Å². The molecule has 0 aliphatic heterocycles. The molecule has 0 amide bonds. The summed E-state index contributed by atoms with van der Waals surface area (Å²) in [5.41, 5.74) is 2.82. The zero-order valence-electron chi connectivity index (χ0n) is 19.7. The van der Waals surface area contributed by atoms with E-state index in [-0.39, 0.29) is 0 Å². The summed E-state index contributed by atoms with van der Waals surface area (Å²) in [5.74, 6) is 0. The molecular weight excluding hydrogens is 426 g/mol. The highest BCUT2D eigenvalue weighted by Crippen LogP contribution is 2.32. The van der Waals surface area contributed by atoms with Gasteiger partial charge in [0, 0.05) is 0 Å². The number of hydrogen-bond donors (Lipinski definition) is 0. The summed E-state index contributed by atoms with van der Waals surface area (Å²) in [6, 6.07) is 53.8. The molecular formula is C32H30BP. The monoisotopic (exact) mass is 456 g/mol. The third-order valence-corrected chi connectivity index (χ3v) is 8.30. The van der Waals surface area contributed by atoms with E-state index in [1.165, 1.54) is 26.8 Å². The molecule has 0 saturated carbocycles. The lowest BCUT2D eigenvalue weighted by atomic mass is 9.39. The average Bonchev–Trinajstić information content (AvgIpc) is 2.93. The molecule has 5 aromatic carbocycles. The van der Waals surface area contributed by atoms with Gasteiger partial charge in [-0.1, -0.05) is 176 Å². The van der Waals surface area contributed by atoms with E-state index in [2.05, 4.69) is 159 Å². The Morgan fingerprint density at radius 2 is 0.676 bits per heavy atom. The van der Waals surface area contributed by atoms with E-state index in [1.54, 1.807) is 0 Å². The summed E-state index contributed by atoms with van der Waals surface area (Å²) in [6.07, 6.45) is 1.15. The van der Waals surface area contributed by atoms with Gasteiger partial charge in [-0.05, 0) is 23.8 Å². The predicted octanol–water partition coefficient (Wildman–Crippen LogP) is 5.76. The van der Waals surface area contributed by atoms with Crippen LogP contribution in [0.25, 0.3) is 0 Å². The van der Waals surface area contributed by atoms with Gasteiger partial charge in [-0.15, -0.1) is 0 Å². The summed E-state index contributed by atoms with van der Waals surface area (Å²) in [5, 5.41) is 4.19. The first-order chi connectivity index (χ1) is 16.9. The van der Waals surface area contributed by atoms with Crippen molar-refractivity contribution in [2.24, 2.45) is 0 Å². The van der Waals surface area contributed by atoms with Crippen LogP contribution in [0.4, 0.5) is 0 Å². The molecule has 0 fully saturated rings. The van der Waals surface area contributed by atoms with Gasteiger partial charge in [0.2, 0.25) is 6.71 Å². The van der Waals surface area contributed by atoms with Gasteiger partial charge in [-0.3, -0.25) is 0 Å². The third-order valence-electron chi connectivity index (χ3n) is 5.86. The minimum Gasteiger partial charge on any atom is -0.0742 e. The Balaban J connectivity index is 0.000000166. The predicted molar refractivity (Wildman–Crippen MR) is 154 cm³/mol. The highest BCUT2D eigenvalue weighted by molar-refractivity contribution is 7.79. The number of hydrogen-bond acceptors (Lipinski definition) is 0. The summed E-state index contributed by atoms with van der Waals surface area (Å²) < 4.78 is 0. The number of rotatable bonds is 6. The van der Waals surface area contributed by atoms with Crippen LogP contribution >= 0.6 is 7.92 Å². The highest BCUT2D eigenvalue weighted by Gasteiger charge is 2.16. The fraction of sp³-hybridized carbons (Fsp3) is 0.0625. The first-order valence-corrected chi connectivity index (χ1v) is 13.3. The molecule has 0 spiro atoms. The van der Waals surface area contributed by atoms with Crippen LogP contribution in [0.15, 0.2) is 152 Å². The Morgan fingerprint density at radius 1 is 0.412 bits per heavy atom. The summed E-state index contributed by atoms with van der Waals surface area (Å²) in [6.45, 7) is 2.78. The first kappa shape index (κ1) is 23.7. The van der Waals surface area contributed by atoms with Gasteiger partial charge >= 0.3 is 0 Å². The Labute approximate surface area is 206 Å².